The van der Waals surface area contributed by atoms with E-state index in [0.29, 0.717) is 11.4 Å². The maximum atomic E-state index is 11.9. The van der Waals surface area contributed by atoms with Gasteiger partial charge in [-0.2, -0.15) is 5.26 Å². The number of hydrogen-bond donors (Lipinski definition) is 0. The summed E-state index contributed by atoms with van der Waals surface area (Å²) in [4.78, 5) is 0.245. The molecule has 0 saturated heterocycles. The van der Waals surface area contributed by atoms with E-state index in [4.69, 9.17) is 16.9 Å². The summed E-state index contributed by atoms with van der Waals surface area (Å²) in [6.07, 6.45) is 0.446. The van der Waals surface area contributed by atoms with Crippen molar-refractivity contribution in [1.29, 1.82) is 5.26 Å². The molecular formula is C10H8ClNO2S. The van der Waals surface area contributed by atoms with Crippen LogP contribution in [-0.2, 0) is 9.84 Å². The lowest BCUT2D eigenvalue weighted by Gasteiger charge is -2.01. The zero-order valence-electron chi connectivity index (χ0n) is 7.72. The van der Waals surface area contributed by atoms with E-state index in [1.807, 2.05) is 6.07 Å². The highest BCUT2D eigenvalue weighted by atomic mass is 35.5. The molecule has 0 aromatic heterocycles. The van der Waals surface area contributed by atoms with Crippen LogP contribution in [0.2, 0.25) is 5.02 Å². The average molecular weight is 242 g/mol. The zero-order chi connectivity index (χ0) is 11.1. The summed E-state index contributed by atoms with van der Waals surface area (Å²) >= 11 is 5.67. The Morgan fingerprint density at radius 2 is 1.93 bits per heavy atom. The van der Waals surface area contributed by atoms with Crippen molar-refractivity contribution in [3.63, 3.8) is 0 Å². The van der Waals surface area contributed by atoms with Gasteiger partial charge in [-0.15, -0.1) is 0 Å². The number of sulfone groups is 1. The smallest absolute Gasteiger partial charge is 0.182 e. The van der Waals surface area contributed by atoms with Crippen LogP contribution in [0.5, 0.6) is 0 Å². The van der Waals surface area contributed by atoms with Crippen molar-refractivity contribution in [1.82, 2.24) is 0 Å². The van der Waals surface area contributed by atoms with Crippen molar-refractivity contribution in [3.8, 4) is 6.07 Å². The van der Waals surface area contributed by atoms with Crippen molar-refractivity contribution in [2.24, 2.45) is 5.92 Å². The summed E-state index contributed by atoms with van der Waals surface area (Å²) in [6.45, 7) is 0. The van der Waals surface area contributed by atoms with E-state index in [2.05, 4.69) is 0 Å². The van der Waals surface area contributed by atoms with Gasteiger partial charge in [0.25, 0.3) is 0 Å². The molecule has 0 heterocycles. The van der Waals surface area contributed by atoms with Crippen molar-refractivity contribution in [2.75, 3.05) is 0 Å². The number of halogens is 1. The normalized spacial score (nSPS) is 24.5. The lowest BCUT2D eigenvalue weighted by Crippen LogP contribution is -2.08. The maximum Gasteiger partial charge on any atom is 0.182 e. The van der Waals surface area contributed by atoms with Crippen molar-refractivity contribution < 1.29 is 8.42 Å². The highest BCUT2D eigenvalue weighted by molar-refractivity contribution is 7.92. The summed E-state index contributed by atoms with van der Waals surface area (Å²) in [5.74, 6) is -0.342. The van der Waals surface area contributed by atoms with Gasteiger partial charge in [0.2, 0.25) is 0 Å². The molecule has 0 unspecified atom stereocenters. The van der Waals surface area contributed by atoms with Crippen molar-refractivity contribution >= 4 is 21.4 Å². The second kappa shape index (κ2) is 3.51. The minimum atomic E-state index is -3.32. The van der Waals surface area contributed by atoms with Gasteiger partial charge in [0.05, 0.1) is 22.1 Å². The fraction of sp³-hybridized carbons (Fsp3) is 0.300. The summed E-state index contributed by atoms with van der Waals surface area (Å²) in [7, 11) is -3.32. The minimum absolute atomic E-state index is 0.245. The van der Waals surface area contributed by atoms with Crippen LogP contribution in [0.15, 0.2) is 29.2 Å². The molecule has 1 aromatic rings. The molecule has 15 heavy (non-hydrogen) atoms. The van der Waals surface area contributed by atoms with Gasteiger partial charge in [-0.05, 0) is 30.7 Å². The van der Waals surface area contributed by atoms with E-state index < -0.39 is 15.1 Å². The molecule has 0 radical (unpaired) electrons. The molecule has 1 aliphatic rings. The molecule has 78 valence electrons. The fourth-order valence-electron chi connectivity index (χ4n) is 1.45. The van der Waals surface area contributed by atoms with Gasteiger partial charge < -0.3 is 0 Å². The first-order chi connectivity index (χ1) is 7.05. The van der Waals surface area contributed by atoms with Crippen LogP contribution >= 0.6 is 11.6 Å². The highest BCUT2D eigenvalue weighted by Crippen LogP contribution is 2.39. The van der Waals surface area contributed by atoms with Gasteiger partial charge in [-0.3, -0.25) is 0 Å². The zero-order valence-corrected chi connectivity index (χ0v) is 9.29. The first kappa shape index (κ1) is 10.5. The molecule has 0 spiro atoms. The second-order valence-electron chi connectivity index (χ2n) is 3.51. The molecule has 3 nitrogen and oxygen atoms in total. The molecule has 0 N–H and O–H groups in total. The lowest BCUT2D eigenvalue weighted by molar-refractivity contribution is 0.594. The molecule has 0 amide bonds. The third-order valence-electron chi connectivity index (χ3n) is 2.44. The molecule has 2 rings (SSSR count). The molecule has 0 aliphatic heterocycles. The summed E-state index contributed by atoms with van der Waals surface area (Å²) < 4.78 is 23.8. The van der Waals surface area contributed by atoms with E-state index in [0.717, 1.165) is 0 Å². The van der Waals surface area contributed by atoms with Gasteiger partial charge in [-0.25, -0.2) is 8.42 Å². The fourth-order valence-corrected chi connectivity index (χ4v) is 3.39. The number of hydrogen-bond acceptors (Lipinski definition) is 3. The van der Waals surface area contributed by atoms with Crippen LogP contribution in [0.3, 0.4) is 0 Å². The van der Waals surface area contributed by atoms with E-state index in [-0.39, 0.29) is 10.8 Å². The molecule has 5 heteroatoms. The monoisotopic (exact) mass is 241 g/mol. The molecule has 0 bridgehead atoms. The molecule has 1 aromatic carbocycles. The van der Waals surface area contributed by atoms with E-state index in [1.165, 1.54) is 24.3 Å². The van der Waals surface area contributed by atoms with Crippen LogP contribution in [0, 0.1) is 17.2 Å². The van der Waals surface area contributed by atoms with Crippen molar-refractivity contribution in [3.05, 3.63) is 29.3 Å². The Labute approximate surface area is 93.2 Å². The van der Waals surface area contributed by atoms with E-state index in [1.54, 1.807) is 0 Å². The first-order valence-corrected chi connectivity index (χ1v) is 6.37. The Kier molecular flexibility index (Phi) is 2.45. The Bertz CT molecular complexity index is 515. The molecule has 1 saturated carbocycles. The number of rotatable bonds is 2. The van der Waals surface area contributed by atoms with Crippen molar-refractivity contribution in [2.45, 2.75) is 16.6 Å². The van der Waals surface area contributed by atoms with Crippen LogP contribution in [0.25, 0.3) is 0 Å². The van der Waals surface area contributed by atoms with Gasteiger partial charge in [0, 0.05) is 5.02 Å². The van der Waals surface area contributed by atoms with Gasteiger partial charge in [0.1, 0.15) is 0 Å². The topological polar surface area (TPSA) is 57.9 Å². The number of nitrogens with zero attached hydrogens (tertiary/aromatic N) is 1. The van der Waals surface area contributed by atoms with Gasteiger partial charge in [-0.1, -0.05) is 11.6 Å². The predicted molar refractivity (Wildman–Crippen MR) is 56.1 cm³/mol. The van der Waals surface area contributed by atoms with Crippen LogP contribution < -0.4 is 0 Å². The molecule has 2 atom stereocenters. The number of benzene rings is 1. The molecule has 1 fully saturated rings. The Morgan fingerprint density at radius 1 is 1.33 bits per heavy atom. The SMILES string of the molecule is N#C[C@@H]1C[C@@H]1S(=O)(=O)c1ccc(Cl)cc1. The maximum absolute atomic E-state index is 11.9. The lowest BCUT2D eigenvalue weighted by atomic mass is 10.4. The van der Waals surface area contributed by atoms with Gasteiger partial charge in [0.15, 0.2) is 9.84 Å². The summed E-state index contributed by atoms with van der Waals surface area (Å²) in [5, 5.41) is 8.57. The average Bonchev–Trinajstić information content (AvgIpc) is 2.98. The predicted octanol–water partition coefficient (Wildman–Crippen LogP) is 2.03. The Balaban J connectivity index is 2.32. The summed E-state index contributed by atoms with van der Waals surface area (Å²) in [6, 6.07) is 8.00. The van der Waals surface area contributed by atoms with Crippen LogP contribution in [0.1, 0.15) is 6.42 Å². The first-order valence-electron chi connectivity index (χ1n) is 4.45. The molecule has 1 aliphatic carbocycles. The van der Waals surface area contributed by atoms with Crippen LogP contribution in [-0.4, -0.2) is 13.7 Å². The molecular weight excluding hydrogens is 234 g/mol. The van der Waals surface area contributed by atoms with E-state index in [9.17, 15) is 8.42 Å². The summed E-state index contributed by atoms with van der Waals surface area (Å²) in [5.41, 5.74) is 0. The minimum Gasteiger partial charge on any atom is -0.223 e. The van der Waals surface area contributed by atoms with Crippen LogP contribution in [0.4, 0.5) is 0 Å². The van der Waals surface area contributed by atoms with Gasteiger partial charge >= 0.3 is 0 Å². The third-order valence-corrected chi connectivity index (χ3v) is 4.94. The third kappa shape index (κ3) is 1.85. The van der Waals surface area contributed by atoms with E-state index >= 15 is 0 Å². The standard InChI is InChI=1S/C10H8ClNO2S/c11-8-1-3-9(4-2-8)15(13,14)10-5-7(10)6-12/h1-4,7,10H,5H2/t7-,10-/m0/s1. The quantitative estimate of drug-likeness (QED) is 0.796. The highest BCUT2D eigenvalue weighted by Gasteiger charge is 2.48. The Hall–Kier alpha value is -1.05. The largest absolute Gasteiger partial charge is 0.223 e. The second-order valence-corrected chi connectivity index (χ2v) is 6.11. The Morgan fingerprint density at radius 3 is 2.40 bits per heavy atom. The number of nitriles is 1.